The van der Waals surface area contributed by atoms with Gasteiger partial charge in [0.05, 0.1) is 0 Å². The zero-order valence-corrected chi connectivity index (χ0v) is 9.01. The van der Waals surface area contributed by atoms with Gasteiger partial charge in [-0.2, -0.15) is 0 Å². The summed E-state index contributed by atoms with van der Waals surface area (Å²) in [5.74, 6) is -0.787. The summed E-state index contributed by atoms with van der Waals surface area (Å²) in [6.07, 6.45) is -1.25. The summed E-state index contributed by atoms with van der Waals surface area (Å²) in [4.78, 5) is 11.9. The van der Waals surface area contributed by atoms with Gasteiger partial charge in [-0.1, -0.05) is 42.5 Å². The number of ketones is 1. The molecule has 0 aliphatic heterocycles. The normalized spacial score (nSPS) is 12.1. The van der Waals surface area contributed by atoms with Crippen LogP contribution in [0, 0.1) is 5.82 Å². The number of carbonyl (C=O) groups excluding carboxylic acids is 1. The highest BCUT2D eigenvalue weighted by molar-refractivity contribution is 5.99. The van der Waals surface area contributed by atoms with Crippen LogP contribution < -0.4 is 0 Å². The first kappa shape index (κ1) is 11.5. The standard InChI is InChI=1S/C14H11FO2/c15-12-8-6-11(7-9-12)14(17)13(16)10-4-2-1-3-5-10/h1-9,14,17H/t14-/m1/s1. The molecule has 2 nitrogen and oxygen atoms in total. The van der Waals surface area contributed by atoms with Crippen molar-refractivity contribution in [3.63, 3.8) is 0 Å². The molecule has 2 rings (SSSR count). The van der Waals surface area contributed by atoms with Crippen LogP contribution in [0.2, 0.25) is 0 Å². The molecule has 0 radical (unpaired) electrons. The van der Waals surface area contributed by atoms with Gasteiger partial charge in [0, 0.05) is 5.56 Å². The van der Waals surface area contributed by atoms with E-state index in [1.807, 2.05) is 0 Å². The minimum atomic E-state index is -1.25. The van der Waals surface area contributed by atoms with Gasteiger partial charge in [-0.25, -0.2) is 4.39 Å². The second-order valence-electron chi connectivity index (χ2n) is 3.68. The molecule has 3 heteroatoms. The fourth-order valence-electron chi connectivity index (χ4n) is 1.56. The van der Waals surface area contributed by atoms with Crippen LogP contribution in [0.5, 0.6) is 0 Å². The van der Waals surface area contributed by atoms with Gasteiger partial charge >= 0.3 is 0 Å². The van der Waals surface area contributed by atoms with Gasteiger partial charge in [0.15, 0.2) is 5.78 Å². The van der Waals surface area contributed by atoms with Crippen LogP contribution in [0.1, 0.15) is 22.0 Å². The first-order valence-corrected chi connectivity index (χ1v) is 5.21. The second kappa shape index (κ2) is 4.89. The van der Waals surface area contributed by atoms with Gasteiger partial charge < -0.3 is 5.11 Å². The Morgan fingerprint density at radius 1 is 1.00 bits per heavy atom. The number of benzene rings is 2. The average molecular weight is 230 g/mol. The number of halogens is 1. The Balaban J connectivity index is 2.23. The third-order valence-corrected chi connectivity index (χ3v) is 2.49. The monoisotopic (exact) mass is 230 g/mol. The van der Waals surface area contributed by atoms with Crippen molar-refractivity contribution in [2.24, 2.45) is 0 Å². The molecule has 0 bridgehead atoms. The lowest BCUT2D eigenvalue weighted by atomic mass is 10.0. The van der Waals surface area contributed by atoms with E-state index in [4.69, 9.17) is 0 Å². The van der Waals surface area contributed by atoms with E-state index in [1.165, 1.54) is 24.3 Å². The predicted molar refractivity (Wildman–Crippen MR) is 62.1 cm³/mol. The third-order valence-electron chi connectivity index (χ3n) is 2.49. The molecular weight excluding hydrogens is 219 g/mol. The summed E-state index contributed by atoms with van der Waals surface area (Å²) >= 11 is 0. The smallest absolute Gasteiger partial charge is 0.195 e. The van der Waals surface area contributed by atoms with Gasteiger partial charge in [-0.15, -0.1) is 0 Å². The lowest BCUT2D eigenvalue weighted by Crippen LogP contribution is -2.12. The summed E-state index contributed by atoms with van der Waals surface area (Å²) < 4.78 is 12.7. The number of aliphatic hydroxyl groups excluding tert-OH is 1. The lowest BCUT2D eigenvalue weighted by Gasteiger charge is -2.09. The zero-order chi connectivity index (χ0) is 12.3. The molecular formula is C14H11FO2. The number of Topliss-reactive ketones (excluding diaryl/α,β-unsaturated/α-hetero) is 1. The Bertz CT molecular complexity index is 506. The largest absolute Gasteiger partial charge is 0.380 e. The van der Waals surface area contributed by atoms with Crippen molar-refractivity contribution in [2.45, 2.75) is 6.10 Å². The molecule has 1 N–H and O–H groups in total. The topological polar surface area (TPSA) is 37.3 Å². The van der Waals surface area contributed by atoms with E-state index in [9.17, 15) is 14.3 Å². The van der Waals surface area contributed by atoms with Crippen molar-refractivity contribution in [3.05, 3.63) is 71.5 Å². The summed E-state index contributed by atoms with van der Waals surface area (Å²) in [7, 11) is 0. The maximum atomic E-state index is 12.7. The highest BCUT2D eigenvalue weighted by atomic mass is 19.1. The van der Waals surface area contributed by atoms with Gasteiger partial charge in [0.25, 0.3) is 0 Å². The Morgan fingerprint density at radius 2 is 1.59 bits per heavy atom. The molecule has 2 aromatic rings. The summed E-state index contributed by atoms with van der Waals surface area (Å²) in [5.41, 5.74) is 0.824. The van der Waals surface area contributed by atoms with E-state index < -0.39 is 17.7 Å². The Morgan fingerprint density at radius 3 is 2.18 bits per heavy atom. The quantitative estimate of drug-likeness (QED) is 0.823. The molecule has 0 fully saturated rings. The van der Waals surface area contributed by atoms with E-state index in [1.54, 1.807) is 30.3 Å². The molecule has 0 aliphatic carbocycles. The lowest BCUT2D eigenvalue weighted by molar-refractivity contribution is 0.0747. The van der Waals surface area contributed by atoms with E-state index in [0.29, 0.717) is 11.1 Å². The Labute approximate surface area is 98.3 Å². The fraction of sp³-hybridized carbons (Fsp3) is 0.0714. The van der Waals surface area contributed by atoms with E-state index >= 15 is 0 Å². The molecule has 0 unspecified atom stereocenters. The number of carbonyl (C=O) groups is 1. The molecule has 0 aromatic heterocycles. The SMILES string of the molecule is O=C(c1ccccc1)[C@H](O)c1ccc(F)cc1. The number of rotatable bonds is 3. The van der Waals surface area contributed by atoms with Crippen molar-refractivity contribution in [1.82, 2.24) is 0 Å². The molecule has 0 saturated heterocycles. The first-order chi connectivity index (χ1) is 8.18. The van der Waals surface area contributed by atoms with Gasteiger partial charge in [-0.05, 0) is 17.7 Å². The van der Waals surface area contributed by atoms with Crippen molar-refractivity contribution in [2.75, 3.05) is 0 Å². The highest BCUT2D eigenvalue weighted by Gasteiger charge is 2.18. The number of hydrogen-bond acceptors (Lipinski definition) is 2. The predicted octanol–water partition coefficient (Wildman–Crippen LogP) is 2.74. The molecule has 0 heterocycles. The van der Waals surface area contributed by atoms with Gasteiger partial charge in [-0.3, -0.25) is 4.79 Å². The first-order valence-electron chi connectivity index (χ1n) is 5.21. The van der Waals surface area contributed by atoms with Crippen molar-refractivity contribution >= 4 is 5.78 Å². The minimum absolute atomic E-state index is 0.389. The van der Waals surface area contributed by atoms with Crippen LogP contribution in [0.4, 0.5) is 4.39 Å². The average Bonchev–Trinajstić information content (AvgIpc) is 2.39. The molecule has 1 atom stereocenters. The van der Waals surface area contributed by atoms with Crippen LogP contribution >= 0.6 is 0 Å². The molecule has 86 valence electrons. The summed E-state index contributed by atoms with van der Waals surface area (Å²) in [5, 5.41) is 9.86. The minimum Gasteiger partial charge on any atom is -0.380 e. The molecule has 0 saturated carbocycles. The van der Waals surface area contributed by atoms with E-state index in [0.717, 1.165) is 0 Å². The third kappa shape index (κ3) is 2.57. The summed E-state index contributed by atoms with van der Waals surface area (Å²) in [6, 6.07) is 13.8. The van der Waals surface area contributed by atoms with Crippen molar-refractivity contribution in [1.29, 1.82) is 0 Å². The molecule has 0 aliphatic rings. The fourth-order valence-corrected chi connectivity index (χ4v) is 1.56. The van der Waals surface area contributed by atoms with E-state index in [-0.39, 0.29) is 0 Å². The maximum Gasteiger partial charge on any atom is 0.195 e. The van der Waals surface area contributed by atoms with Gasteiger partial charge in [0.1, 0.15) is 11.9 Å². The zero-order valence-electron chi connectivity index (χ0n) is 9.01. The number of aliphatic hydroxyl groups is 1. The second-order valence-corrected chi connectivity index (χ2v) is 3.68. The van der Waals surface area contributed by atoms with E-state index in [2.05, 4.69) is 0 Å². The van der Waals surface area contributed by atoms with Crippen molar-refractivity contribution < 1.29 is 14.3 Å². The van der Waals surface area contributed by atoms with Crippen LogP contribution in [-0.2, 0) is 0 Å². The molecule has 0 spiro atoms. The van der Waals surface area contributed by atoms with Crippen molar-refractivity contribution in [3.8, 4) is 0 Å². The van der Waals surface area contributed by atoms with Crippen LogP contribution in [0.25, 0.3) is 0 Å². The number of hydrogen-bond donors (Lipinski definition) is 1. The maximum absolute atomic E-state index is 12.7. The molecule has 17 heavy (non-hydrogen) atoms. The Kier molecular flexibility index (Phi) is 3.30. The van der Waals surface area contributed by atoms with Crippen LogP contribution in [-0.4, -0.2) is 10.9 Å². The van der Waals surface area contributed by atoms with Gasteiger partial charge in [0.2, 0.25) is 0 Å². The highest BCUT2D eigenvalue weighted by Crippen LogP contribution is 2.18. The van der Waals surface area contributed by atoms with Crippen LogP contribution in [0.3, 0.4) is 0 Å². The van der Waals surface area contributed by atoms with Crippen LogP contribution in [0.15, 0.2) is 54.6 Å². The summed E-state index contributed by atoms with van der Waals surface area (Å²) in [6.45, 7) is 0. The molecule has 0 amide bonds. The Hall–Kier alpha value is -2.00. The molecule has 2 aromatic carbocycles.